The summed E-state index contributed by atoms with van der Waals surface area (Å²) in [5.74, 6) is 1.10. The number of nitrogens with one attached hydrogen (secondary N) is 1. The Balaban J connectivity index is 1.35. The SMILES string of the molecule is CC1CCC(OC2CCN(C(=O)C3(n4cccn4)CCNCC3)CC2)CC1. The summed E-state index contributed by atoms with van der Waals surface area (Å²) in [6, 6.07) is 1.92. The Morgan fingerprint density at radius 1 is 1.07 bits per heavy atom. The number of carbonyl (C=O) groups is 1. The zero-order chi connectivity index (χ0) is 18.7. The molecule has 2 saturated heterocycles. The van der Waals surface area contributed by atoms with Crippen LogP contribution in [0, 0.1) is 5.92 Å². The summed E-state index contributed by atoms with van der Waals surface area (Å²) in [5.41, 5.74) is -0.512. The van der Waals surface area contributed by atoms with Gasteiger partial charge in [0.1, 0.15) is 5.54 Å². The van der Waals surface area contributed by atoms with Crippen molar-refractivity contribution < 1.29 is 9.53 Å². The van der Waals surface area contributed by atoms with E-state index in [1.807, 2.05) is 16.9 Å². The van der Waals surface area contributed by atoms with Crippen LogP contribution in [0.15, 0.2) is 18.5 Å². The molecule has 3 aliphatic rings. The normalized spacial score (nSPS) is 29.6. The third kappa shape index (κ3) is 4.06. The van der Waals surface area contributed by atoms with Crippen molar-refractivity contribution in [3.8, 4) is 0 Å². The van der Waals surface area contributed by atoms with Crippen molar-refractivity contribution in [1.29, 1.82) is 0 Å². The number of piperidine rings is 2. The number of hydrogen-bond acceptors (Lipinski definition) is 4. The zero-order valence-corrected chi connectivity index (χ0v) is 16.6. The summed E-state index contributed by atoms with van der Waals surface area (Å²) in [5, 5.41) is 7.83. The lowest BCUT2D eigenvalue weighted by molar-refractivity contribution is -0.147. The first-order chi connectivity index (χ1) is 13.2. The fraction of sp³-hybridized carbons (Fsp3) is 0.810. The number of nitrogens with zero attached hydrogens (tertiary/aromatic N) is 3. The van der Waals surface area contributed by atoms with Crippen molar-refractivity contribution in [3.05, 3.63) is 18.5 Å². The van der Waals surface area contributed by atoms with Gasteiger partial charge in [-0.1, -0.05) is 6.92 Å². The molecule has 0 unspecified atom stereocenters. The molecule has 0 radical (unpaired) electrons. The highest BCUT2D eigenvalue weighted by atomic mass is 16.5. The van der Waals surface area contributed by atoms with E-state index in [4.69, 9.17) is 4.74 Å². The van der Waals surface area contributed by atoms with Crippen LogP contribution in [0.2, 0.25) is 0 Å². The van der Waals surface area contributed by atoms with Crippen LogP contribution in [0.3, 0.4) is 0 Å². The molecule has 6 nitrogen and oxygen atoms in total. The molecule has 1 N–H and O–H groups in total. The molecule has 1 amide bonds. The highest BCUT2D eigenvalue weighted by Crippen LogP contribution is 2.32. The van der Waals surface area contributed by atoms with Crippen molar-refractivity contribution in [2.24, 2.45) is 5.92 Å². The number of ether oxygens (including phenoxy) is 1. The van der Waals surface area contributed by atoms with Gasteiger partial charge in [0, 0.05) is 25.5 Å². The predicted octanol–water partition coefficient (Wildman–Crippen LogP) is 2.55. The van der Waals surface area contributed by atoms with Gasteiger partial charge in [0.25, 0.3) is 5.91 Å². The molecule has 150 valence electrons. The molecule has 0 bridgehead atoms. The van der Waals surface area contributed by atoms with Crippen LogP contribution < -0.4 is 5.32 Å². The monoisotopic (exact) mass is 374 g/mol. The Morgan fingerprint density at radius 2 is 1.74 bits per heavy atom. The van der Waals surface area contributed by atoms with Gasteiger partial charge in [-0.15, -0.1) is 0 Å². The van der Waals surface area contributed by atoms with Crippen molar-refractivity contribution >= 4 is 5.91 Å². The first-order valence-electron chi connectivity index (χ1n) is 10.8. The molecule has 1 aromatic rings. The number of carbonyl (C=O) groups excluding carboxylic acids is 1. The second-order valence-corrected chi connectivity index (χ2v) is 8.74. The molecule has 4 rings (SSSR count). The van der Waals surface area contributed by atoms with E-state index in [0.29, 0.717) is 12.2 Å². The molecular weight excluding hydrogens is 340 g/mol. The molecule has 0 spiro atoms. The third-order valence-corrected chi connectivity index (χ3v) is 6.85. The molecule has 0 atom stereocenters. The summed E-state index contributed by atoms with van der Waals surface area (Å²) in [6.45, 7) is 5.69. The Kier molecular flexibility index (Phi) is 5.83. The van der Waals surface area contributed by atoms with Gasteiger partial charge in [0.05, 0.1) is 12.2 Å². The van der Waals surface area contributed by atoms with Crippen LogP contribution >= 0.6 is 0 Å². The average Bonchev–Trinajstić information content (AvgIpc) is 3.26. The Morgan fingerprint density at radius 3 is 2.37 bits per heavy atom. The van der Waals surface area contributed by atoms with Crippen LogP contribution in [0.4, 0.5) is 0 Å². The summed E-state index contributed by atoms with van der Waals surface area (Å²) < 4.78 is 8.29. The quantitative estimate of drug-likeness (QED) is 0.880. The van der Waals surface area contributed by atoms with Crippen LogP contribution in [-0.4, -0.2) is 59.0 Å². The van der Waals surface area contributed by atoms with Gasteiger partial charge in [-0.3, -0.25) is 9.48 Å². The number of hydrogen-bond donors (Lipinski definition) is 1. The topological polar surface area (TPSA) is 59.4 Å². The Labute approximate surface area is 162 Å². The standard InChI is InChI=1S/C21H34N4O2/c1-17-3-5-18(6-4-17)27-19-7-15-24(16-8-19)20(26)21(9-12-22-13-10-21)25-14-2-11-23-25/h2,11,14,17-19,22H,3-10,12-13,15-16H2,1H3. The van der Waals surface area contributed by atoms with E-state index in [0.717, 1.165) is 57.8 Å². The summed E-state index contributed by atoms with van der Waals surface area (Å²) in [4.78, 5) is 15.6. The van der Waals surface area contributed by atoms with Gasteiger partial charge in [-0.2, -0.15) is 5.10 Å². The number of likely N-dealkylation sites (tertiary alicyclic amines) is 1. The van der Waals surface area contributed by atoms with Gasteiger partial charge in [0.2, 0.25) is 0 Å². The van der Waals surface area contributed by atoms with Gasteiger partial charge in [-0.25, -0.2) is 0 Å². The Bertz CT molecular complexity index is 596. The molecule has 6 heteroatoms. The second kappa shape index (κ2) is 8.31. The van der Waals surface area contributed by atoms with Crippen LogP contribution in [0.25, 0.3) is 0 Å². The molecule has 2 aliphatic heterocycles. The van der Waals surface area contributed by atoms with E-state index in [1.54, 1.807) is 6.20 Å². The van der Waals surface area contributed by atoms with Gasteiger partial charge in [-0.05, 0) is 76.4 Å². The molecule has 27 heavy (non-hydrogen) atoms. The third-order valence-electron chi connectivity index (χ3n) is 6.85. The lowest BCUT2D eigenvalue weighted by Crippen LogP contribution is -2.57. The molecule has 3 fully saturated rings. The number of amides is 1. The van der Waals surface area contributed by atoms with Crippen molar-refractivity contribution in [3.63, 3.8) is 0 Å². The molecule has 1 aliphatic carbocycles. The summed E-state index contributed by atoms with van der Waals surface area (Å²) >= 11 is 0. The largest absolute Gasteiger partial charge is 0.375 e. The second-order valence-electron chi connectivity index (χ2n) is 8.74. The van der Waals surface area contributed by atoms with Crippen molar-refractivity contribution in [1.82, 2.24) is 20.0 Å². The number of aromatic nitrogens is 2. The fourth-order valence-corrected chi connectivity index (χ4v) is 5.03. The van der Waals surface area contributed by atoms with E-state index >= 15 is 0 Å². The average molecular weight is 375 g/mol. The minimum Gasteiger partial charge on any atom is -0.375 e. The molecule has 3 heterocycles. The lowest BCUT2D eigenvalue weighted by Gasteiger charge is -2.42. The van der Waals surface area contributed by atoms with Crippen LogP contribution in [0.5, 0.6) is 0 Å². The minimum atomic E-state index is -0.512. The first-order valence-corrected chi connectivity index (χ1v) is 10.8. The van der Waals surface area contributed by atoms with Crippen molar-refractivity contribution in [2.45, 2.75) is 76.0 Å². The van der Waals surface area contributed by atoms with E-state index in [-0.39, 0.29) is 5.91 Å². The smallest absolute Gasteiger partial charge is 0.250 e. The first kappa shape index (κ1) is 18.9. The lowest BCUT2D eigenvalue weighted by atomic mass is 9.86. The van der Waals surface area contributed by atoms with E-state index in [1.165, 1.54) is 25.7 Å². The predicted molar refractivity (Wildman–Crippen MR) is 104 cm³/mol. The van der Waals surface area contributed by atoms with E-state index < -0.39 is 5.54 Å². The minimum absolute atomic E-state index is 0.248. The number of rotatable bonds is 4. The maximum absolute atomic E-state index is 13.5. The highest BCUT2D eigenvalue weighted by molar-refractivity contribution is 5.84. The zero-order valence-electron chi connectivity index (χ0n) is 16.6. The molecule has 1 aromatic heterocycles. The molecule has 1 saturated carbocycles. The summed E-state index contributed by atoms with van der Waals surface area (Å²) in [6.07, 6.45) is 13.0. The Hall–Kier alpha value is -1.40. The molecule has 0 aromatic carbocycles. The van der Waals surface area contributed by atoms with E-state index in [2.05, 4.69) is 22.2 Å². The van der Waals surface area contributed by atoms with Crippen LogP contribution in [-0.2, 0) is 15.1 Å². The fourth-order valence-electron chi connectivity index (χ4n) is 5.03. The summed E-state index contributed by atoms with van der Waals surface area (Å²) in [7, 11) is 0. The maximum atomic E-state index is 13.5. The van der Waals surface area contributed by atoms with Gasteiger partial charge < -0.3 is 15.0 Å². The highest BCUT2D eigenvalue weighted by Gasteiger charge is 2.45. The molecular formula is C21H34N4O2. The van der Waals surface area contributed by atoms with Crippen LogP contribution in [0.1, 0.15) is 58.3 Å². The van der Waals surface area contributed by atoms with Gasteiger partial charge in [0.15, 0.2) is 0 Å². The maximum Gasteiger partial charge on any atom is 0.250 e. The van der Waals surface area contributed by atoms with Gasteiger partial charge >= 0.3 is 0 Å². The van der Waals surface area contributed by atoms with Crippen molar-refractivity contribution in [2.75, 3.05) is 26.2 Å². The van der Waals surface area contributed by atoms with E-state index in [9.17, 15) is 4.79 Å².